The monoisotopic (exact) mass is 215 g/mol. The molecule has 0 fully saturated rings. The summed E-state index contributed by atoms with van der Waals surface area (Å²) in [6, 6.07) is 6.26. The minimum Gasteiger partial charge on any atom is -0.493 e. The molecule has 0 N–H and O–H groups in total. The van der Waals surface area contributed by atoms with Gasteiger partial charge in [0, 0.05) is 17.8 Å². The highest BCUT2D eigenvalue weighted by Gasteiger charge is 2.05. The highest BCUT2D eigenvalue weighted by Crippen LogP contribution is 2.28. The molecule has 0 atom stereocenters. The maximum atomic E-state index is 5.73. The summed E-state index contributed by atoms with van der Waals surface area (Å²) in [7, 11) is 0. The molecule has 1 aromatic carbocycles. The topological polar surface area (TPSA) is 22.1 Å². The van der Waals surface area contributed by atoms with E-state index in [0.29, 0.717) is 0 Å². The Morgan fingerprint density at radius 2 is 2.00 bits per heavy atom. The summed E-state index contributed by atoms with van der Waals surface area (Å²) >= 11 is 0. The van der Waals surface area contributed by atoms with Crippen molar-refractivity contribution in [2.24, 2.45) is 0 Å². The first-order chi connectivity index (χ1) is 7.86. The molecule has 0 bridgehead atoms. The molecule has 0 saturated carbocycles. The van der Waals surface area contributed by atoms with Crippen LogP contribution in [0.5, 0.6) is 5.75 Å². The normalized spacial score (nSPS) is 10.6. The van der Waals surface area contributed by atoms with Gasteiger partial charge in [-0.2, -0.15) is 0 Å². The molecule has 0 saturated heterocycles. The molecule has 84 valence electrons. The summed E-state index contributed by atoms with van der Waals surface area (Å²) in [5.41, 5.74) is 1.35. The van der Waals surface area contributed by atoms with Crippen molar-refractivity contribution in [1.82, 2.24) is 4.98 Å². The van der Waals surface area contributed by atoms with Crippen LogP contribution in [0.4, 0.5) is 0 Å². The molecule has 16 heavy (non-hydrogen) atoms. The molecule has 0 amide bonds. The van der Waals surface area contributed by atoms with Gasteiger partial charge in [0.25, 0.3) is 0 Å². The first-order valence-electron chi connectivity index (χ1n) is 5.85. The summed E-state index contributed by atoms with van der Waals surface area (Å²) in [6.07, 6.45) is 5.79. The first kappa shape index (κ1) is 10.9. The van der Waals surface area contributed by atoms with E-state index in [1.807, 2.05) is 12.4 Å². The standard InChI is InChI=1S/C14H17NO/c1-3-9-16-14-6-5-11(4-2)12-7-8-15-10-13(12)14/h5-8,10H,3-4,9H2,1-2H3. The van der Waals surface area contributed by atoms with Gasteiger partial charge in [0.15, 0.2) is 0 Å². The Labute approximate surface area is 96.3 Å². The van der Waals surface area contributed by atoms with Gasteiger partial charge >= 0.3 is 0 Å². The Bertz CT molecular complexity index is 479. The van der Waals surface area contributed by atoms with Crippen LogP contribution in [-0.2, 0) is 6.42 Å². The molecule has 2 heteroatoms. The van der Waals surface area contributed by atoms with Crippen LogP contribution in [0.15, 0.2) is 30.6 Å². The zero-order valence-corrected chi connectivity index (χ0v) is 9.86. The van der Waals surface area contributed by atoms with E-state index >= 15 is 0 Å². The van der Waals surface area contributed by atoms with Crippen LogP contribution in [-0.4, -0.2) is 11.6 Å². The number of ether oxygens (including phenoxy) is 1. The van der Waals surface area contributed by atoms with E-state index in [4.69, 9.17) is 4.74 Å². The van der Waals surface area contributed by atoms with Crippen molar-refractivity contribution in [3.05, 3.63) is 36.2 Å². The average molecular weight is 215 g/mol. The van der Waals surface area contributed by atoms with Crippen LogP contribution >= 0.6 is 0 Å². The molecule has 2 rings (SSSR count). The SMILES string of the molecule is CCCOc1ccc(CC)c2ccncc12. The zero-order chi connectivity index (χ0) is 11.4. The van der Waals surface area contributed by atoms with Gasteiger partial charge in [-0.15, -0.1) is 0 Å². The highest BCUT2D eigenvalue weighted by atomic mass is 16.5. The van der Waals surface area contributed by atoms with Gasteiger partial charge in [-0.1, -0.05) is 19.9 Å². The minimum absolute atomic E-state index is 0.759. The second-order valence-electron chi connectivity index (χ2n) is 3.85. The number of hydrogen-bond acceptors (Lipinski definition) is 2. The summed E-state index contributed by atoms with van der Waals surface area (Å²) < 4.78 is 5.73. The average Bonchev–Trinajstić information content (AvgIpc) is 2.36. The number of benzene rings is 1. The van der Waals surface area contributed by atoms with Gasteiger partial charge in [0.1, 0.15) is 5.75 Å². The molecular weight excluding hydrogens is 198 g/mol. The molecule has 1 heterocycles. The van der Waals surface area contributed by atoms with Crippen molar-refractivity contribution in [3.8, 4) is 5.75 Å². The smallest absolute Gasteiger partial charge is 0.128 e. The minimum atomic E-state index is 0.759. The predicted octanol–water partition coefficient (Wildman–Crippen LogP) is 3.59. The molecule has 2 aromatic rings. The summed E-state index contributed by atoms with van der Waals surface area (Å²) in [5.74, 6) is 0.946. The van der Waals surface area contributed by atoms with Crippen LogP contribution in [0, 0.1) is 0 Å². The number of nitrogens with zero attached hydrogens (tertiary/aromatic N) is 1. The molecule has 0 aliphatic carbocycles. The second kappa shape index (κ2) is 4.97. The lowest BCUT2D eigenvalue weighted by Gasteiger charge is -2.10. The van der Waals surface area contributed by atoms with Gasteiger partial charge in [0.2, 0.25) is 0 Å². The number of pyridine rings is 1. The number of fused-ring (bicyclic) bond motifs is 1. The van der Waals surface area contributed by atoms with E-state index in [0.717, 1.165) is 30.6 Å². The molecule has 0 radical (unpaired) electrons. The first-order valence-corrected chi connectivity index (χ1v) is 5.85. The van der Waals surface area contributed by atoms with Crippen LogP contribution in [0.2, 0.25) is 0 Å². The van der Waals surface area contributed by atoms with Crippen LogP contribution in [0.3, 0.4) is 0 Å². The Balaban J connectivity index is 2.51. The van der Waals surface area contributed by atoms with Gasteiger partial charge in [0.05, 0.1) is 6.61 Å². The zero-order valence-electron chi connectivity index (χ0n) is 9.86. The second-order valence-corrected chi connectivity index (χ2v) is 3.85. The van der Waals surface area contributed by atoms with Crippen LogP contribution in [0.25, 0.3) is 10.8 Å². The molecular formula is C14H17NO. The maximum absolute atomic E-state index is 5.73. The molecule has 0 aliphatic heterocycles. The van der Waals surface area contributed by atoms with Gasteiger partial charge in [-0.05, 0) is 35.9 Å². The third kappa shape index (κ3) is 2.01. The Morgan fingerprint density at radius 3 is 2.75 bits per heavy atom. The van der Waals surface area contributed by atoms with Crippen LogP contribution < -0.4 is 4.74 Å². The van der Waals surface area contributed by atoms with Crippen molar-refractivity contribution < 1.29 is 4.74 Å². The lowest BCUT2D eigenvalue weighted by molar-refractivity contribution is 0.321. The number of rotatable bonds is 4. The number of aryl methyl sites for hydroxylation is 1. The largest absolute Gasteiger partial charge is 0.493 e. The molecule has 0 spiro atoms. The van der Waals surface area contributed by atoms with Crippen molar-refractivity contribution >= 4 is 10.8 Å². The molecule has 1 aromatic heterocycles. The van der Waals surface area contributed by atoms with Crippen LogP contribution in [0.1, 0.15) is 25.8 Å². The third-order valence-electron chi connectivity index (χ3n) is 2.71. The lowest BCUT2D eigenvalue weighted by atomic mass is 10.0. The fourth-order valence-electron chi connectivity index (χ4n) is 1.87. The molecule has 0 aliphatic rings. The lowest BCUT2D eigenvalue weighted by Crippen LogP contribution is -1.97. The van der Waals surface area contributed by atoms with Gasteiger partial charge < -0.3 is 4.74 Å². The molecule has 2 nitrogen and oxygen atoms in total. The summed E-state index contributed by atoms with van der Waals surface area (Å²) in [4.78, 5) is 4.18. The number of aromatic nitrogens is 1. The van der Waals surface area contributed by atoms with Gasteiger partial charge in [-0.25, -0.2) is 0 Å². The predicted molar refractivity (Wildman–Crippen MR) is 66.9 cm³/mol. The maximum Gasteiger partial charge on any atom is 0.128 e. The van der Waals surface area contributed by atoms with E-state index < -0.39 is 0 Å². The number of hydrogen-bond donors (Lipinski definition) is 0. The van der Waals surface area contributed by atoms with E-state index in [-0.39, 0.29) is 0 Å². The molecule has 0 unspecified atom stereocenters. The summed E-state index contributed by atoms with van der Waals surface area (Å²) in [6.45, 7) is 5.04. The van der Waals surface area contributed by atoms with Crippen molar-refractivity contribution in [3.63, 3.8) is 0 Å². The van der Waals surface area contributed by atoms with E-state index in [9.17, 15) is 0 Å². The Kier molecular flexibility index (Phi) is 3.40. The van der Waals surface area contributed by atoms with Gasteiger partial charge in [-0.3, -0.25) is 4.98 Å². The van der Waals surface area contributed by atoms with Crippen molar-refractivity contribution in [2.75, 3.05) is 6.61 Å². The fourth-order valence-corrected chi connectivity index (χ4v) is 1.87. The highest BCUT2D eigenvalue weighted by molar-refractivity contribution is 5.90. The quantitative estimate of drug-likeness (QED) is 0.777. The van der Waals surface area contributed by atoms with E-state index in [1.54, 1.807) is 0 Å². The third-order valence-corrected chi connectivity index (χ3v) is 2.71. The van der Waals surface area contributed by atoms with Crippen molar-refractivity contribution in [2.45, 2.75) is 26.7 Å². The van der Waals surface area contributed by atoms with E-state index in [2.05, 4.69) is 37.0 Å². The fraction of sp³-hybridized carbons (Fsp3) is 0.357. The van der Waals surface area contributed by atoms with E-state index in [1.165, 1.54) is 10.9 Å². The van der Waals surface area contributed by atoms with Crippen molar-refractivity contribution in [1.29, 1.82) is 0 Å². The summed E-state index contributed by atoms with van der Waals surface area (Å²) in [5, 5.41) is 2.38. The Hall–Kier alpha value is -1.57. The Morgan fingerprint density at radius 1 is 1.12 bits per heavy atom.